The van der Waals surface area contributed by atoms with E-state index in [1.54, 1.807) is 42.5 Å². The van der Waals surface area contributed by atoms with Crippen molar-refractivity contribution in [1.82, 2.24) is 9.62 Å². The van der Waals surface area contributed by atoms with E-state index >= 15 is 0 Å². The Bertz CT molecular complexity index is 926. The maximum Gasteiger partial charge on any atom is 0.251 e. The minimum atomic E-state index is -3.70. The smallest absolute Gasteiger partial charge is 0.251 e. The van der Waals surface area contributed by atoms with Crippen molar-refractivity contribution in [2.45, 2.75) is 44.2 Å². The highest BCUT2D eigenvalue weighted by Crippen LogP contribution is 2.21. The first-order chi connectivity index (χ1) is 13.8. The van der Waals surface area contributed by atoms with Gasteiger partial charge in [-0.15, -0.1) is 6.58 Å². The molecule has 2 aromatic carbocycles. The van der Waals surface area contributed by atoms with E-state index in [4.69, 9.17) is 11.6 Å². The number of carbonyl (C=O) groups excluding carboxylic acids is 1. The molecule has 1 N–H and O–H groups in total. The highest BCUT2D eigenvalue weighted by Gasteiger charge is 2.23. The zero-order chi connectivity index (χ0) is 21.4. The molecular formula is C22H27ClN2O3S. The summed E-state index contributed by atoms with van der Waals surface area (Å²) in [4.78, 5) is 12.5. The van der Waals surface area contributed by atoms with E-state index in [1.165, 1.54) is 16.4 Å². The molecule has 2 aromatic rings. The molecule has 7 heteroatoms. The average Bonchev–Trinajstić information content (AvgIpc) is 2.68. The summed E-state index contributed by atoms with van der Waals surface area (Å²) in [6, 6.07) is 13.1. The Morgan fingerprint density at radius 2 is 1.79 bits per heavy atom. The van der Waals surface area contributed by atoms with Gasteiger partial charge in [0.05, 0.1) is 4.90 Å². The molecule has 0 aromatic heterocycles. The largest absolute Gasteiger partial charge is 0.350 e. The highest BCUT2D eigenvalue weighted by atomic mass is 35.5. The first-order valence-electron chi connectivity index (χ1n) is 9.54. The van der Waals surface area contributed by atoms with Crippen LogP contribution in [0.4, 0.5) is 0 Å². The lowest BCUT2D eigenvalue weighted by atomic mass is 10.1. The molecule has 0 saturated carbocycles. The molecule has 0 saturated heterocycles. The molecule has 1 amide bonds. The Labute approximate surface area is 178 Å². The van der Waals surface area contributed by atoms with Crippen LogP contribution in [0.3, 0.4) is 0 Å². The van der Waals surface area contributed by atoms with Crippen LogP contribution in [-0.2, 0) is 16.6 Å². The van der Waals surface area contributed by atoms with E-state index in [-0.39, 0.29) is 29.9 Å². The predicted octanol–water partition coefficient (Wildman–Crippen LogP) is 4.64. The van der Waals surface area contributed by atoms with Crippen LogP contribution in [0.1, 0.15) is 42.6 Å². The quantitative estimate of drug-likeness (QED) is 0.554. The molecule has 0 radical (unpaired) electrons. The molecule has 2 rings (SSSR count). The number of hydrogen-bond donors (Lipinski definition) is 1. The zero-order valence-corrected chi connectivity index (χ0v) is 18.3. The molecule has 0 aliphatic carbocycles. The molecule has 5 nitrogen and oxygen atoms in total. The number of nitrogens with one attached hydrogen (secondary N) is 1. The second-order valence-electron chi connectivity index (χ2n) is 6.90. The van der Waals surface area contributed by atoms with Gasteiger partial charge in [0.25, 0.3) is 5.91 Å². The molecule has 0 bridgehead atoms. The monoisotopic (exact) mass is 434 g/mol. The van der Waals surface area contributed by atoms with Gasteiger partial charge in [-0.1, -0.05) is 43.2 Å². The van der Waals surface area contributed by atoms with Crippen LogP contribution in [0.15, 0.2) is 66.1 Å². The maximum atomic E-state index is 13.0. The van der Waals surface area contributed by atoms with Gasteiger partial charge in [-0.25, -0.2) is 8.42 Å². The van der Waals surface area contributed by atoms with Gasteiger partial charge in [-0.3, -0.25) is 4.79 Å². The standard InChI is InChI=1S/C22H27ClN2O3S/c1-4-6-17(3)24-22(26)19-9-7-18(8-10-19)16-25(15-5-2)29(27,28)21-13-11-20(23)12-14-21/h5,7-14,17H,2,4,6,15-16H2,1,3H3,(H,24,26)/t17-/m0/s1. The molecule has 0 unspecified atom stereocenters. The normalized spacial score (nSPS) is 12.6. The zero-order valence-electron chi connectivity index (χ0n) is 16.8. The molecule has 0 aliphatic heterocycles. The Morgan fingerprint density at radius 1 is 1.17 bits per heavy atom. The molecule has 0 heterocycles. The van der Waals surface area contributed by atoms with Gasteiger partial charge in [-0.2, -0.15) is 4.31 Å². The second kappa shape index (κ2) is 10.6. The Hall–Kier alpha value is -2.15. The fourth-order valence-electron chi connectivity index (χ4n) is 2.92. The molecule has 1 atom stereocenters. The summed E-state index contributed by atoms with van der Waals surface area (Å²) >= 11 is 5.86. The van der Waals surface area contributed by atoms with Crippen LogP contribution in [-0.4, -0.2) is 31.2 Å². The summed E-state index contributed by atoms with van der Waals surface area (Å²) in [5.41, 5.74) is 1.33. The second-order valence-corrected chi connectivity index (χ2v) is 9.27. The average molecular weight is 435 g/mol. The van der Waals surface area contributed by atoms with Crippen LogP contribution in [0.2, 0.25) is 5.02 Å². The summed E-state index contributed by atoms with van der Waals surface area (Å²) in [6.07, 6.45) is 3.47. The van der Waals surface area contributed by atoms with Crippen molar-refractivity contribution in [3.8, 4) is 0 Å². The lowest BCUT2D eigenvalue weighted by Gasteiger charge is -2.21. The number of amides is 1. The summed E-state index contributed by atoms with van der Waals surface area (Å²) in [7, 11) is -3.70. The molecule has 29 heavy (non-hydrogen) atoms. The third-order valence-corrected chi connectivity index (χ3v) is 6.54. The number of benzene rings is 2. The minimum absolute atomic E-state index is 0.111. The van der Waals surface area contributed by atoms with Crippen molar-refractivity contribution in [3.63, 3.8) is 0 Å². The lowest BCUT2D eigenvalue weighted by molar-refractivity contribution is 0.0938. The van der Waals surface area contributed by atoms with E-state index in [0.717, 1.165) is 18.4 Å². The maximum absolute atomic E-state index is 13.0. The summed E-state index contributed by atoms with van der Waals surface area (Å²) in [5.74, 6) is -0.130. The minimum Gasteiger partial charge on any atom is -0.350 e. The molecule has 0 spiro atoms. The van der Waals surface area contributed by atoms with Gasteiger partial charge in [0.2, 0.25) is 10.0 Å². The third kappa shape index (κ3) is 6.42. The third-order valence-electron chi connectivity index (χ3n) is 4.46. The molecule has 156 valence electrons. The molecule has 0 aliphatic rings. The van der Waals surface area contributed by atoms with E-state index in [2.05, 4.69) is 18.8 Å². The van der Waals surface area contributed by atoms with E-state index < -0.39 is 10.0 Å². The number of nitrogens with zero attached hydrogens (tertiary/aromatic N) is 1. The number of halogens is 1. The number of carbonyl (C=O) groups is 1. The van der Waals surface area contributed by atoms with Gasteiger partial charge >= 0.3 is 0 Å². The van der Waals surface area contributed by atoms with Crippen molar-refractivity contribution in [2.75, 3.05) is 6.54 Å². The van der Waals surface area contributed by atoms with E-state index in [0.29, 0.717) is 10.6 Å². The van der Waals surface area contributed by atoms with Gasteiger partial charge in [0, 0.05) is 29.7 Å². The summed E-state index contributed by atoms with van der Waals surface area (Å²) in [5, 5.41) is 3.43. The number of hydrogen-bond acceptors (Lipinski definition) is 3. The number of rotatable bonds is 10. The first kappa shape index (κ1) is 23.1. The lowest BCUT2D eigenvalue weighted by Crippen LogP contribution is -2.32. The molecule has 0 fully saturated rings. The molecular weight excluding hydrogens is 408 g/mol. The van der Waals surface area contributed by atoms with Crippen LogP contribution in [0, 0.1) is 0 Å². The van der Waals surface area contributed by atoms with Crippen molar-refractivity contribution in [2.24, 2.45) is 0 Å². The first-order valence-corrected chi connectivity index (χ1v) is 11.4. The van der Waals surface area contributed by atoms with Crippen molar-refractivity contribution in [3.05, 3.63) is 77.3 Å². The summed E-state index contributed by atoms with van der Waals surface area (Å²) in [6.45, 7) is 8.05. The van der Waals surface area contributed by atoms with Crippen LogP contribution in [0.5, 0.6) is 0 Å². The van der Waals surface area contributed by atoms with Gasteiger partial charge in [0.15, 0.2) is 0 Å². The Morgan fingerprint density at radius 3 is 2.34 bits per heavy atom. The topological polar surface area (TPSA) is 66.5 Å². The highest BCUT2D eigenvalue weighted by molar-refractivity contribution is 7.89. The Kier molecular flexibility index (Phi) is 8.44. The van der Waals surface area contributed by atoms with Gasteiger partial charge < -0.3 is 5.32 Å². The van der Waals surface area contributed by atoms with Crippen LogP contribution < -0.4 is 5.32 Å². The SMILES string of the molecule is C=CCN(Cc1ccc(C(=O)N[C@@H](C)CCC)cc1)S(=O)(=O)c1ccc(Cl)cc1. The van der Waals surface area contributed by atoms with E-state index in [9.17, 15) is 13.2 Å². The van der Waals surface area contributed by atoms with Gasteiger partial charge in [0.1, 0.15) is 0 Å². The predicted molar refractivity (Wildman–Crippen MR) is 118 cm³/mol. The van der Waals surface area contributed by atoms with Crippen molar-refractivity contribution < 1.29 is 13.2 Å². The van der Waals surface area contributed by atoms with E-state index in [1.807, 2.05) is 6.92 Å². The van der Waals surface area contributed by atoms with Crippen molar-refractivity contribution in [1.29, 1.82) is 0 Å². The fraction of sp³-hybridized carbons (Fsp3) is 0.318. The van der Waals surface area contributed by atoms with Gasteiger partial charge in [-0.05, 0) is 55.3 Å². The van der Waals surface area contributed by atoms with Crippen LogP contribution >= 0.6 is 11.6 Å². The summed E-state index contributed by atoms with van der Waals surface area (Å²) < 4.78 is 27.3. The fourth-order valence-corrected chi connectivity index (χ4v) is 4.45. The Balaban J connectivity index is 2.15. The van der Waals surface area contributed by atoms with Crippen molar-refractivity contribution >= 4 is 27.5 Å². The number of sulfonamides is 1. The van der Waals surface area contributed by atoms with Crippen LogP contribution in [0.25, 0.3) is 0 Å².